The second kappa shape index (κ2) is 6.64. The van der Waals surface area contributed by atoms with Crippen molar-refractivity contribution in [2.24, 2.45) is 0 Å². The van der Waals surface area contributed by atoms with Gasteiger partial charge in [-0.1, -0.05) is 6.42 Å². The van der Waals surface area contributed by atoms with Crippen LogP contribution < -0.4 is 5.32 Å². The summed E-state index contributed by atoms with van der Waals surface area (Å²) >= 11 is 3.14. The number of nitrogens with one attached hydrogen (secondary N) is 1. The number of anilines is 1. The Bertz CT molecular complexity index is 596. The third kappa shape index (κ3) is 3.66. The van der Waals surface area contributed by atoms with E-state index in [4.69, 9.17) is 0 Å². The molecule has 2 aromatic heterocycles. The van der Waals surface area contributed by atoms with E-state index in [-0.39, 0.29) is 5.91 Å². The molecule has 1 amide bonds. The summed E-state index contributed by atoms with van der Waals surface area (Å²) < 4.78 is 0. The SMILES string of the molecule is CC(=O)Nc1nc(C2CCCCN2Cc2cscn2)cs1. The van der Waals surface area contributed by atoms with Gasteiger partial charge in [0.2, 0.25) is 5.91 Å². The molecule has 1 atom stereocenters. The number of likely N-dealkylation sites (tertiary alicyclic amines) is 1. The summed E-state index contributed by atoms with van der Waals surface area (Å²) in [4.78, 5) is 22.5. The summed E-state index contributed by atoms with van der Waals surface area (Å²) in [6, 6.07) is 0.333. The highest BCUT2D eigenvalue weighted by molar-refractivity contribution is 7.13. The van der Waals surface area contributed by atoms with Crippen molar-refractivity contribution in [2.45, 2.75) is 38.8 Å². The van der Waals surface area contributed by atoms with Crippen LogP contribution in [0.25, 0.3) is 0 Å². The highest BCUT2D eigenvalue weighted by Gasteiger charge is 2.26. The maximum Gasteiger partial charge on any atom is 0.223 e. The predicted molar refractivity (Wildman–Crippen MR) is 85.5 cm³/mol. The number of rotatable bonds is 4. The van der Waals surface area contributed by atoms with E-state index in [0.29, 0.717) is 11.2 Å². The summed E-state index contributed by atoms with van der Waals surface area (Å²) in [5.74, 6) is -0.0705. The van der Waals surface area contributed by atoms with E-state index in [9.17, 15) is 4.79 Å². The number of amides is 1. The zero-order valence-corrected chi connectivity index (χ0v) is 13.5. The molecule has 21 heavy (non-hydrogen) atoms. The summed E-state index contributed by atoms with van der Waals surface area (Å²) in [5.41, 5.74) is 4.08. The molecule has 1 unspecified atom stereocenters. The van der Waals surface area contributed by atoms with Crippen molar-refractivity contribution in [2.75, 3.05) is 11.9 Å². The number of nitrogens with zero attached hydrogens (tertiary/aromatic N) is 3. The number of carbonyl (C=O) groups excluding carboxylic acids is 1. The molecule has 2 aromatic rings. The van der Waals surface area contributed by atoms with Crippen molar-refractivity contribution in [3.63, 3.8) is 0 Å². The van der Waals surface area contributed by atoms with E-state index in [1.165, 1.54) is 31.1 Å². The average Bonchev–Trinajstić information content (AvgIpc) is 3.11. The quantitative estimate of drug-likeness (QED) is 0.938. The number of hydrogen-bond acceptors (Lipinski definition) is 6. The van der Waals surface area contributed by atoms with Crippen molar-refractivity contribution >= 4 is 33.7 Å². The first kappa shape index (κ1) is 14.6. The third-order valence-electron chi connectivity index (χ3n) is 3.61. The van der Waals surface area contributed by atoms with Crippen LogP contribution in [-0.4, -0.2) is 27.3 Å². The second-order valence-electron chi connectivity index (χ2n) is 5.22. The third-order valence-corrected chi connectivity index (χ3v) is 5.02. The Hall–Kier alpha value is -1.31. The van der Waals surface area contributed by atoms with Crippen molar-refractivity contribution < 1.29 is 4.79 Å². The van der Waals surface area contributed by atoms with Gasteiger partial charge in [0.05, 0.1) is 22.9 Å². The molecule has 1 aliphatic heterocycles. The molecule has 0 spiro atoms. The van der Waals surface area contributed by atoms with Crippen molar-refractivity contribution in [1.29, 1.82) is 0 Å². The Morgan fingerprint density at radius 1 is 1.48 bits per heavy atom. The molecule has 112 valence electrons. The van der Waals surface area contributed by atoms with Crippen LogP contribution in [0.5, 0.6) is 0 Å². The molecule has 5 nitrogen and oxygen atoms in total. The number of piperidine rings is 1. The van der Waals surface area contributed by atoms with Crippen LogP contribution >= 0.6 is 22.7 Å². The normalized spacial score (nSPS) is 19.6. The van der Waals surface area contributed by atoms with Crippen LogP contribution in [0.4, 0.5) is 5.13 Å². The van der Waals surface area contributed by atoms with Gasteiger partial charge < -0.3 is 5.32 Å². The van der Waals surface area contributed by atoms with E-state index < -0.39 is 0 Å². The molecule has 7 heteroatoms. The lowest BCUT2D eigenvalue weighted by molar-refractivity contribution is -0.114. The number of carbonyl (C=O) groups is 1. The minimum absolute atomic E-state index is 0.0705. The lowest BCUT2D eigenvalue weighted by Gasteiger charge is -2.34. The van der Waals surface area contributed by atoms with Crippen LogP contribution in [0.2, 0.25) is 0 Å². The Kier molecular flexibility index (Phi) is 4.62. The summed E-state index contributed by atoms with van der Waals surface area (Å²) in [6.07, 6.45) is 3.57. The van der Waals surface area contributed by atoms with Crippen molar-refractivity contribution in [1.82, 2.24) is 14.9 Å². The molecule has 1 aliphatic rings. The van der Waals surface area contributed by atoms with Gasteiger partial charge in [-0.05, 0) is 19.4 Å². The number of thiazole rings is 2. The van der Waals surface area contributed by atoms with Crippen LogP contribution in [0, 0.1) is 0 Å². The van der Waals surface area contributed by atoms with E-state index in [0.717, 1.165) is 30.9 Å². The molecular weight excluding hydrogens is 304 g/mol. The summed E-state index contributed by atoms with van der Waals surface area (Å²) in [7, 11) is 0. The first-order valence-electron chi connectivity index (χ1n) is 7.06. The Morgan fingerprint density at radius 3 is 3.14 bits per heavy atom. The van der Waals surface area contributed by atoms with Gasteiger partial charge in [-0.15, -0.1) is 22.7 Å². The Labute approximate surface area is 132 Å². The minimum Gasteiger partial charge on any atom is -0.302 e. The van der Waals surface area contributed by atoms with Gasteiger partial charge in [0.1, 0.15) is 0 Å². The summed E-state index contributed by atoms with van der Waals surface area (Å²) in [5, 5.41) is 7.63. The topological polar surface area (TPSA) is 58.1 Å². The van der Waals surface area contributed by atoms with Gasteiger partial charge in [-0.3, -0.25) is 9.69 Å². The maximum absolute atomic E-state index is 11.1. The molecule has 0 aliphatic carbocycles. The molecular formula is C14H18N4OS2. The molecule has 1 N–H and O–H groups in total. The van der Waals surface area contributed by atoms with E-state index in [1.54, 1.807) is 11.3 Å². The van der Waals surface area contributed by atoms with E-state index >= 15 is 0 Å². The molecule has 1 fully saturated rings. The standard InChI is InChI=1S/C14H18N4OS2/c1-10(19)16-14-17-12(8-21-14)13-4-2-3-5-18(13)6-11-7-20-9-15-11/h7-9,13H,2-6H2,1H3,(H,16,17,19). The van der Waals surface area contributed by atoms with Crippen molar-refractivity contribution in [3.05, 3.63) is 27.7 Å². The monoisotopic (exact) mass is 322 g/mol. The number of hydrogen-bond donors (Lipinski definition) is 1. The van der Waals surface area contributed by atoms with Crippen molar-refractivity contribution in [3.8, 4) is 0 Å². The fourth-order valence-electron chi connectivity index (χ4n) is 2.69. The minimum atomic E-state index is -0.0705. The van der Waals surface area contributed by atoms with Gasteiger partial charge in [-0.25, -0.2) is 9.97 Å². The highest BCUT2D eigenvalue weighted by atomic mass is 32.1. The fraction of sp³-hybridized carbons (Fsp3) is 0.500. The van der Waals surface area contributed by atoms with Crippen LogP contribution in [-0.2, 0) is 11.3 Å². The molecule has 0 aromatic carbocycles. The largest absolute Gasteiger partial charge is 0.302 e. The van der Waals surface area contributed by atoms with E-state index in [2.05, 4.69) is 30.9 Å². The van der Waals surface area contributed by atoms with Crippen LogP contribution in [0.15, 0.2) is 16.3 Å². The zero-order valence-electron chi connectivity index (χ0n) is 11.9. The zero-order chi connectivity index (χ0) is 14.7. The molecule has 3 rings (SSSR count). The molecule has 0 saturated carbocycles. The fourth-order valence-corrected chi connectivity index (χ4v) is 4.04. The Morgan fingerprint density at radius 2 is 2.38 bits per heavy atom. The predicted octanol–water partition coefficient (Wildman–Crippen LogP) is 3.29. The van der Waals surface area contributed by atoms with Gasteiger partial charge in [0.15, 0.2) is 5.13 Å². The molecule has 0 radical (unpaired) electrons. The highest BCUT2D eigenvalue weighted by Crippen LogP contribution is 2.33. The van der Waals surface area contributed by atoms with Gasteiger partial charge in [0.25, 0.3) is 0 Å². The van der Waals surface area contributed by atoms with Gasteiger partial charge in [0, 0.05) is 24.2 Å². The smallest absolute Gasteiger partial charge is 0.223 e. The lowest BCUT2D eigenvalue weighted by Crippen LogP contribution is -2.33. The first-order chi connectivity index (χ1) is 10.2. The maximum atomic E-state index is 11.1. The molecule has 3 heterocycles. The van der Waals surface area contributed by atoms with Gasteiger partial charge in [-0.2, -0.15) is 0 Å². The van der Waals surface area contributed by atoms with Crippen LogP contribution in [0.1, 0.15) is 43.6 Å². The summed E-state index contributed by atoms with van der Waals surface area (Å²) in [6.45, 7) is 3.46. The average molecular weight is 322 g/mol. The number of aromatic nitrogens is 2. The molecule has 0 bridgehead atoms. The lowest BCUT2D eigenvalue weighted by atomic mass is 10.00. The first-order valence-corrected chi connectivity index (χ1v) is 8.89. The van der Waals surface area contributed by atoms with Gasteiger partial charge >= 0.3 is 0 Å². The van der Waals surface area contributed by atoms with E-state index in [1.807, 2.05) is 5.51 Å². The molecule has 1 saturated heterocycles. The van der Waals surface area contributed by atoms with Crippen LogP contribution in [0.3, 0.4) is 0 Å². The Balaban J connectivity index is 1.74. The second-order valence-corrected chi connectivity index (χ2v) is 6.80.